The second-order valence-electron chi connectivity index (χ2n) is 18.0. The van der Waals surface area contributed by atoms with E-state index in [1.807, 2.05) is 37.3 Å². The average molecular weight is 871 g/mol. The van der Waals surface area contributed by atoms with E-state index in [9.17, 15) is 19.2 Å². The van der Waals surface area contributed by atoms with Crippen molar-refractivity contribution in [2.75, 3.05) is 54.9 Å². The van der Waals surface area contributed by atoms with E-state index in [1.54, 1.807) is 27.4 Å². The first-order valence-corrected chi connectivity index (χ1v) is 22.1. The van der Waals surface area contributed by atoms with Gasteiger partial charge >= 0.3 is 12.1 Å². The molecule has 0 spiro atoms. The third-order valence-electron chi connectivity index (χ3n) is 12.3. The van der Waals surface area contributed by atoms with Gasteiger partial charge < -0.3 is 48.9 Å². The first-order valence-electron chi connectivity index (χ1n) is 22.1. The summed E-state index contributed by atoms with van der Waals surface area (Å²) in [6, 6.07) is 11.6. The molecule has 348 valence electrons. The quantitative estimate of drug-likeness (QED) is 0.0976. The maximum absolute atomic E-state index is 11.8. The number of aryl methyl sites for hydroxylation is 1. The summed E-state index contributed by atoms with van der Waals surface area (Å²) in [5.41, 5.74) is 3.38. The predicted molar refractivity (Wildman–Crippen MR) is 237 cm³/mol. The summed E-state index contributed by atoms with van der Waals surface area (Å²) in [6.07, 6.45) is 16.1. The fourth-order valence-corrected chi connectivity index (χ4v) is 10.4. The minimum atomic E-state index is -0.394. The molecule has 4 bridgehead atoms. The monoisotopic (exact) mass is 871 g/mol. The zero-order chi connectivity index (χ0) is 45.6. The first-order chi connectivity index (χ1) is 29.7. The number of carbonyl (C=O) groups is 4. The molecule has 14 heteroatoms. The van der Waals surface area contributed by atoms with Crippen molar-refractivity contribution in [1.82, 2.24) is 10.6 Å². The van der Waals surface area contributed by atoms with E-state index in [-0.39, 0.29) is 37.2 Å². The Kier molecular flexibility index (Phi) is 21.8. The van der Waals surface area contributed by atoms with Crippen LogP contribution in [0.4, 0.5) is 4.79 Å². The van der Waals surface area contributed by atoms with Crippen LogP contribution in [0.1, 0.15) is 115 Å². The van der Waals surface area contributed by atoms with Crippen LogP contribution in [0, 0.1) is 29.6 Å². The summed E-state index contributed by atoms with van der Waals surface area (Å²) in [7, 11) is 6.32. The van der Waals surface area contributed by atoms with Crippen molar-refractivity contribution in [3.63, 3.8) is 0 Å². The van der Waals surface area contributed by atoms with Gasteiger partial charge in [-0.3, -0.25) is 14.4 Å². The van der Waals surface area contributed by atoms with E-state index >= 15 is 0 Å². The molecule has 62 heavy (non-hydrogen) atoms. The summed E-state index contributed by atoms with van der Waals surface area (Å²) < 4.78 is 35.0. The van der Waals surface area contributed by atoms with Gasteiger partial charge in [-0.05, 0) is 129 Å². The van der Waals surface area contributed by atoms with Crippen molar-refractivity contribution in [1.29, 1.82) is 0 Å². The van der Waals surface area contributed by atoms with Crippen molar-refractivity contribution >= 4 is 24.9 Å². The highest BCUT2D eigenvalue weighted by Crippen LogP contribution is 2.66. The average Bonchev–Trinajstić information content (AvgIpc) is 3.23. The van der Waals surface area contributed by atoms with E-state index in [4.69, 9.17) is 28.8 Å². The molecule has 2 aromatic rings. The van der Waals surface area contributed by atoms with Crippen molar-refractivity contribution in [3.05, 3.63) is 47.5 Å². The number of rotatable bonds is 18. The normalized spacial score (nSPS) is 23.5. The molecule has 5 aliphatic rings. The number of nitrogens with one attached hydrogen (secondary N) is 2. The molecule has 5 fully saturated rings. The lowest BCUT2D eigenvalue weighted by molar-refractivity contribution is -0.145. The maximum atomic E-state index is 11.8. The van der Waals surface area contributed by atoms with Crippen LogP contribution in [0.2, 0.25) is 0 Å². The first kappa shape index (κ1) is 51.8. The Morgan fingerprint density at radius 3 is 2.05 bits per heavy atom. The molecule has 3 N–H and O–H groups in total. The van der Waals surface area contributed by atoms with Gasteiger partial charge in [0.05, 0.1) is 47.6 Å². The van der Waals surface area contributed by atoms with Gasteiger partial charge in [-0.15, -0.1) is 0 Å². The second-order valence-corrected chi connectivity index (χ2v) is 18.0. The van der Waals surface area contributed by atoms with Crippen LogP contribution in [0.25, 0.3) is 0 Å². The van der Waals surface area contributed by atoms with Crippen LogP contribution in [-0.2, 0) is 35.0 Å². The summed E-state index contributed by atoms with van der Waals surface area (Å²) in [4.78, 5) is 43.4. The number of methoxy groups -OCH3 is 4. The Labute approximate surface area is 369 Å². The number of aliphatic hydroxyl groups is 1. The second kappa shape index (κ2) is 26.2. The Hall–Kier alpha value is -4.56. The molecule has 5 aliphatic carbocycles. The summed E-state index contributed by atoms with van der Waals surface area (Å²) in [6.45, 7) is 10.2. The van der Waals surface area contributed by atoms with Gasteiger partial charge in [0.2, 0.25) is 6.41 Å². The molecule has 0 aliphatic heterocycles. The van der Waals surface area contributed by atoms with Crippen molar-refractivity contribution in [2.24, 2.45) is 22.7 Å². The van der Waals surface area contributed by atoms with Crippen LogP contribution in [0.15, 0.2) is 36.4 Å². The van der Waals surface area contributed by atoms with Gasteiger partial charge in [0, 0.05) is 18.7 Å². The number of esters is 1. The standard InChI is InChI=1S/C15H21NO3.C14H20O4.C13H21NO.C6H12O4/c1-11-8-9-13(14(10-11)18-2)19-15(17)16-12-6-4-3-5-7-12;1-4-11(9-18-10-15)7-12-5-6-13(16-2)14(8-12)17-3;1-11-3-10-4-12(2,6-11)8-13(5-10,7-11)14-9-15;1-9-4-2-6(8)10-5-3-7/h8-10,12H,3-7H2,1-2H3,(H,16,17);5-6,8,10-11H,4,7,9H2,1-3H3;9-10H,3-8H2,1-2H3,(H,14,15);7H,2-5H2,1H3. The van der Waals surface area contributed by atoms with Crippen LogP contribution in [0.3, 0.4) is 0 Å². The van der Waals surface area contributed by atoms with E-state index in [0.717, 1.165) is 60.6 Å². The van der Waals surface area contributed by atoms with E-state index in [1.165, 1.54) is 64.9 Å². The number of carbonyl (C=O) groups excluding carboxylic acids is 4. The van der Waals surface area contributed by atoms with Crippen molar-refractivity contribution in [2.45, 2.75) is 129 Å². The number of benzene rings is 2. The van der Waals surface area contributed by atoms with Crippen LogP contribution >= 0.6 is 0 Å². The molecule has 0 radical (unpaired) electrons. The summed E-state index contributed by atoms with van der Waals surface area (Å²) in [5, 5.41) is 14.3. The lowest BCUT2D eigenvalue weighted by atomic mass is 9.43. The minimum absolute atomic E-state index is 0.0720. The predicted octanol–water partition coefficient (Wildman–Crippen LogP) is 7.91. The highest BCUT2D eigenvalue weighted by atomic mass is 16.6. The smallest absolute Gasteiger partial charge is 0.412 e. The molecule has 2 amide bonds. The third-order valence-corrected chi connectivity index (χ3v) is 12.3. The Morgan fingerprint density at radius 1 is 0.839 bits per heavy atom. The molecule has 3 unspecified atom stereocenters. The van der Waals surface area contributed by atoms with Crippen LogP contribution in [0.5, 0.6) is 23.0 Å². The van der Waals surface area contributed by atoms with Gasteiger partial charge in [-0.25, -0.2) is 4.79 Å². The number of ether oxygens (including phenoxy) is 7. The van der Waals surface area contributed by atoms with Gasteiger partial charge in [-0.1, -0.05) is 52.2 Å². The van der Waals surface area contributed by atoms with Crippen molar-refractivity contribution in [3.8, 4) is 23.0 Å². The fourth-order valence-electron chi connectivity index (χ4n) is 10.4. The van der Waals surface area contributed by atoms with Gasteiger partial charge in [0.1, 0.15) is 6.61 Å². The Morgan fingerprint density at radius 2 is 1.48 bits per heavy atom. The van der Waals surface area contributed by atoms with E-state index < -0.39 is 6.09 Å². The molecule has 7 rings (SSSR count). The molecular formula is C48H74N2O12. The number of aliphatic hydroxyl groups excluding tert-OH is 1. The highest BCUT2D eigenvalue weighted by molar-refractivity contribution is 5.72. The molecule has 5 saturated carbocycles. The Balaban J connectivity index is 0.000000225. The van der Waals surface area contributed by atoms with Crippen LogP contribution in [-0.4, -0.2) is 96.5 Å². The highest BCUT2D eigenvalue weighted by Gasteiger charge is 2.60. The van der Waals surface area contributed by atoms with Gasteiger partial charge in [0.25, 0.3) is 6.47 Å². The molecule has 0 heterocycles. The third kappa shape index (κ3) is 17.0. The minimum Gasteiger partial charge on any atom is -0.493 e. The van der Waals surface area contributed by atoms with Gasteiger partial charge in [0.15, 0.2) is 23.0 Å². The molecule has 0 saturated heterocycles. The lowest BCUT2D eigenvalue weighted by Crippen LogP contribution is -2.63. The van der Waals surface area contributed by atoms with E-state index in [0.29, 0.717) is 47.9 Å². The van der Waals surface area contributed by atoms with E-state index in [2.05, 4.69) is 40.9 Å². The molecule has 14 nitrogen and oxygen atoms in total. The Bertz CT molecular complexity index is 1650. The number of hydrogen-bond donors (Lipinski definition) is 3. The molecule has 0 aromatic heterocycles. The van der Waals surface area contributed by atoms with Gasteiger partial charge in [-0.2, -0.15) is 0 Å². The summed E-state index contributed by atoms with van der Waals surface area (Å²) >= 11 is 0. The van der Waals surface area contributed by atoms with Crippen molar-refractivity contribution < 1.29 is 57.4 Å². The SMILES string of the molecule is CC12CC3CC(C)(C1)CC(NC=O)(C3)C2.CCC(COC=O)Cc1ccc(OC)c(OC)c1.COCCC(=O)OCCO.COc1cc(C)ccc1OC(=O)NC1CCCCC1. The molecule has 3 atom stereocenters. The number of hydrogen-bond acceptors (Lipinski definition) is 12. The summed E-state index contributed by atoms with van der Waals surface area (Å²) in [5.74, 6) is 3.34. The maximum Gasteiger partial charge on any atom is 0.412 e. The number of amides is 2. The largest absolute Gasteiger partial charge is 0.493 e. The molecule has 2 aromatic carbocycles. The lowest BCUT2D eigenvalue weighted by Gasteiger charge is -2.65. The van der Waals surface area contributed by atoms with Crippen LogP contribution < -0.4 is 29.6 Å². The zero-order valence-electron chi connectivity index (χ0n) is 38.5. The molecular weight excluding hydrogens is 797 g/mol. The fraction of sp³-hybridized carbons (Fsp3) is 0.667. The zero-order valence-corrected chi connectivity index (χ0v) is 38.5. The topological polar surface area (TPSA) is 177 Å².